The van der Waals surface area contributed by atoms with Crippen LogP contribution in [0, 0.1) is 13.8 Å². The summed E-state index contributed by atoms with van der Waals surface area (Å²) in [7, 11) is 0. The largest absolute Gasteiger partial charge is 0.366 e. The summed E-state index contributed by atoms with van der Waals surface area (Å²) in [6, 6.07) is 1.99. The molecule has 0 unspecified atom stereocenters. The van der Waals surface area contributed by atoms with E-state index in [1.807, 2.05) is 26.1 Å². The Kier molecular flexibility index (Phi) is 2.74. The first-order valence-electron chi connectivity index (χ1n) is 6.30. The number of hydrogen-bond donors (Lipinski definition) is 2. The van der Waals surface area contributed by atoms with Crippen molar-refractivity contribution in [1.82, 2.24) is 20.2 Å². The summed E-state index contributed by atoms with van der Waals surface area (Å²) in [6.45, 7) is 4.77. The molecule has 0 atom stereocenters. The van der Waals surface area contributed by atoms with E-state index < -0.39 is 0 Å². The molecule has 2 aromatic heterocycles. The average Bonchev–Trinajstić information content (AvgIpc) is 3.11. The predicted octanol–water partition coefficient (Wildman–Crippen LogP) is 2.31. The first-order valence-corrected chi connectivity index (χ1v) is 6.30. The molecule has 18 heavy (non-hydrogen) atoms. The fourth-order valence-corrected chi connectivity index (χ4v) is 1.95. The van der Waals surface area contributed by atoms with Crippen molar-refractivity contribution >= 4 is 5.82 Å². The molecule has 1 aliphatic rings. The van der Waals surface area contributed by atoms with Gasteiger partial charge < -0.3 is 5.32 Å². The van der Waals surface area contributed by atoms with E-state index in [0.29, 0.717) is 5.92 Å². The molecule has 0 spiro atoms. The van der Waals surface area contributed by atoms with Crippen LogP contribution in [0.3, 0.4) is 0 Å². The highest BCUT2D eigenvalue weighted by Gasteiger charge is 2.26. The summed E-state index contributed by atoms with van der Waals surface area (Å²) in [4.78, 5) is 9.06. The van der Waals surface area contributed by atoms with E-state index in [9.17, 15) is 0 Å². The molecule has 0 aromatic carbocycles. The topological polar surface area (TPSA) is 66.5 Å². The summed E-state index contributed by atoms with van der Waals surface area (Å²) in [5, 5.41) is 10.3. The molecule has 1 fully saturated rings. The lowest BCUT2D eigenvalue weighted by Crippen LogP contribution is -2.05. The summed E-state index contributed by atoms with van der Waals surface area (Å²) < 4.78 is 0. The number of nitrogens with zero attached hydrogens (tertiary/aromatic N) is 3. The normalized spacial score (nSPS) is 14.8. The lowest BCUT2D eigenvalue weighted by molar-refractivity contribution is 0.901. The number of rotatable bonds is 4. The Morgan fingerprint density at radius 1 is 1.33 bits per heavy atom. The SMILES string of the molecule is Cc1cc(NCc2cn[nH]c2C)nc(C2CC2)n1. The first kappa shape index (κ1) is 11.2. The zero-order chi connectivity index (χ0) is 12.5. The van der Waals surface area contributed by atoms with E-state index in [-0.39, 0.29) is 0 Å². The van der Waals surface area contributed by atoms with Gasteiger partial charge in [0.25, 0.3) is 0 Å². The Hall–Kier alpha value is -1.91. The minimum absolute atomic E-state index is 0.584. The molecule has 5 nitrogen and oxygen atoms in total. The molecule has 0 aliphatic heterocycles. The van der Waals surface area contributed by atoms with E-state index in [1.165, 1.54) is 18.4 Å². The minimum Gasteiger partial charge on any atom is -0.366 e. The van der Waals surface area contributed by atoms with E-state index in [0.717, 1.165) is 29.6 Å². The van der Waals surface area contributed by atoms with Crippen LogP contribution in [0.1, 0.15) is 41.5 Å². The highest BCUT2D eigenvalue weighted by Crippen LogP contribution is 2.38. The average molecular weight is 243 g/mol. The molecule has 2 aromatic rings. The molecule has 0 bridgehead atoms. The molecular weight excluding hydrogens is 226 g/mol. The van der Waals surface area contributed by atoms with Crippen LogP contribution in [-0.2, 0) is 6.54 Å². The van der Waals surface area contributed by atoms with Crippen molar-refractivity contribution in [3.8, 4) is 0 Å². The summed E-state index contributed by atoms with van der Waals surface area (Å²) in [5.41, 5.74) is 3.29. The molecule has 3 rings (SSSR count). The van der Waals surface area contributed by atoms with Crippen LogP contribution in [-0.4, -0.2) is 20.2 Å². The summed E-state index contributed by atoms with van der Waals surface area (Å²) >= 11 is 0. The van der Waals surface area contributed by atoms with Gasteiger partial charge in [0.05, 0.1) is 6.20 Å². The number of aryl methyl sites for hydroxylation is 2. The maximum absolute atomic E-state index is 4.57. The second-order valence-corrected chi connectivity index (χ2v) is 4.90. The van der Waals surface area contributed by atoms with E-state index in [2.05, 4.69) is 25.5 Å². The van der Waals surface area contributed by atoms with Gasteiger partial charge in [-0.15, -0.1) is 0 Å². The van der Waals surface area contributed by atoms with Gasteiger partial charge in [0.2, 0.25) is 0 Å². The van der Waals surface area contributed by atoms with E-state index in [1.54, 1.807) is 0 Å². The number of H-pyrrole nitrogens is 1. The van der Waals surface area contributed by atoms with Gasteiger partial charge in [-0.2, -0.15) is 5.10 Å². The third-order valence-corrected chi connectivity index (χ3v) is 3.21. The number of aromatic nitrogens is 4. The standard InChI is InChI=1S/C13H17N5/c1-8-5-12(17-13(16-8)10-3-4-10)14-6-11-7-15-18-9(11)2/h5,7,10H,3-4,6H2,1-2H3,(H,15,18)(H,14,16,17). The van der Waals surface area contributed by atoms with Gasteiger partial charge in [0.15, 0.2) is 0 Å². The van der Waals surface area contributed by atoms with Crippen molar-refractivity contribution in [3.05, 3.63) is 35.0 Å². The Morgan fingerprint density at radius 2 is 2.17 bits per heavy atom. The maximum Gasteiger partial charge on any atom is 0.134 e. The Balaban J connectivity index is 1.74. The predicted molar refractivity (Wildman–Crippen MR) is 69.4 cm³/mol. The van der Waals surface area contributed by atoms with Gasteiger partial charge in [0.1, 0.15) is 11.6 Å². The van der Waals surface area contributed by atoms with E-state index >= 15 is 0 Å². The van der Waals surface area contributed by atoms with Crippen LogP contribution in [0.4, 0.5) is 5.82 Å². The summed E-state index contributed by atoms with van der Waals surface area (Å²) in [6.07, 6.45) is 4.30. The van der Waals surface area contributed by atoms with Crippen LogP contribution in [0.2, 0.25) is 0 Å². The lowest BCUT2D eigenvalue weighted by Gasteiger charge is -2.07. The number of hydrogen-bond acceptors (Lipinski definition) is 4. The van der Waals surface area contributed by atoms with Crippen molar-refractivity contribution in [1.29, 1.82) is 0 Å². The van der Waals surface area contributed by atoms with Crippen LogP contribution in [0.15, 0.2) is 12.3 Å². The minimum atomic E-state index is 0.584. The Labute approximate surface area is 106 Å². The molecule has 2 N–H and O–H groups in total. The molecule has 1 saturated carbocycles. The number of aromatic amines is 1. The van der Waals surface area contributed by atoms with Gasteiger partial charge in [-0.25, -0.2) is 9.97 Å². The quantitative estimate of drug-likeness (QED) is 0.864. The fourth-order valence-electron chi connectivity index (χ4n) is 1.95. The molecular formula is C13H17N5. The van der Waals surface area contributed by atoms with Crippen molar-refractivity contribution in [2.24, 2.45) is 0 Å². The van der Waals surface area contributed by atoms with Gasteiger partial charge in [0, 0.05) is 35.5 Å². The highest BCUT2D eigenvalue weighted by atomic mass is 15.1. The zero-order valence-electron chi connectivity index (χ0n) is 10.7. The van der Waals surface area contributed by atoms with Crippen molar-refractivity contribution in [2.45, 2.75) is 39.2 Å². The van der Waals surface area contributed by atoms with Gasteiger partial charge in [-0.1, -0.05) is 0 Å². The van der Waals surface area contributed by atoms with E-state index in [4.69, 9.17) is 0 Å². The van der Waals surface area contributed by atoms with Crippen LogP contribution in [0.5, 0.6) is 0 Å². The fraction of sp³-hybridized carbons (Fsp3) is 0.462. The molecule has 2 heterocycles. The maximum atomic E-state index is 4.57. The van der Waals surface area contributed by atoms with Crippen LogP contribution in [0.25, 0.3) is 0 Å². The van der Waals surface area contributed by atoms with Crippen LogP contribution >= 0.6 is 0 Å². The monoisotopic (exact) mass is 243 g/mol. The molecule has 0 radical (unpaired) electrons. The third kappa shape index (κ3) is 2.34. The Morgan fingerprint density at radius 3 is 2.83 bits per heavy atom. The number of nitrogens with one attached hydrogen (secondary N) is 2. The van der Waals surface area contributed by atoms with Gasteiger partial charge in [-0.3, -0.25) is 5.10 Å². The zero-order valence-corrected chi connectivity index (χ0v) is 10.7. The molecule has 5 heteroatoms. The molecule has 0 amide bonds. The Bertz CT molecular complexity index is 556. The molecule has 1 aliphatic carbocycles. The van der Waals surface area contributed by atoms with Crippen molar-refractivity contribution in [3.63, 3.8) is 0 Å². The smallest absolute Gasteiger partial charge is 0.134 e. The first-order chi connectivity index (χ1) is 8.72. The highest BCUT2D eigenvalue weighted by molar-refractivity contribution is 5.38. The second kappa shape index (κ2) is 4.40. The van der Waals surface area contributed by atoms with Crippen LogP contribution < -0.4 is 5.32 Å². The molecule has 0 saturated heterocycles. The molecule has 94 valence electrons. The lowest BCUT2D eigenvalue weighted by atomic mass is 10.2. The second-order valence-electron chi connectivity index (χ2n) is 4.90. The third-order valence-electron chi connectivity index (χ3n) is 3.21. The summed E-state index contributed by atoms with van der Waals surface area (Å²) in [5.74, 6) is 2.48. The van der Waals surface area contributed by atoms with Crippen molar-refractivity contribution in [2.75, 3.05) is 5.32 Å². The van der Waals surface area contributed by atoms with Crippen molar-refractivity contribution < 1.29 is 0 Å². The van der Waals surface area contributed by atoms with Gasteiger partial charge in [-0.05, 0) is 26.7 Å². The number of anilines is 1. The van der Waals surface area contributed by atoms with Gasteiger partial charge >= 0.3 is 0 Å².